The molecule has 9 heteroatoms. The van der Waals surface area contributed by atoms with Crippen molar-refractivity contribution in [2.24, 2.45) is 0 Å². The first-order valence-electron chi connectivity index (χ1n) is 8.58. The Morgan fingerprint density at radius 1 is 0.966 bits per heavy atom. The molecule has 2 amide bonds. The van der Waals surface area contributed by atoms with Gasteiger partial charge in [0, 0.05) is 6.08 Å². The molecule has 0 aliphatic rings. The summed E-state index contributed by atoms with van der Waals surface area (Å²) < 4.78 is 48.2. The fourth-order valence-corrected chi connectivity index (χ4v) is 2.15. The molecule has 0 saturated carbocycles. The highest BCUT2D eigenvalue weighted by Crippen LogP contribution is 2.29. The first kappa shape index (κ1) is 21.8. The van der Waals surface area contributed by atoms with Crippen LogP contribution in [-0.2, 0) is 15.8 Å². The van der Waals surface area contributed by atoms with Gasteiger partial charge in [-0.1, -0.05) is 24.3 Å². The van der Waals surface area contributed by atoms with E-state index >= 15 is 0 Å². The van der Waals surface area contributed by atoms with Crippen molar-refractivity contribution in [3.63, 3.8) is 0 Å². The van der Waals surface area contributed by atoms with E-state index in [-0.39, 0.29) is 6.61 Å². The lowest BCUT2D eigenvalue weighted by Crippen LogP contribution is -2.43. The summed E-state index contributed by atoms with van der Waals surface area (Å²) in [4.78, 5) is 23.5. The fourth-order valence-electron chi connectivity index (χ4n) is 2.15. The molecule has 6 nitrogen and oxygen atoms in total. The van der Waals surface area contributed by atoms with E-state index in [1.54, 1.807) is 24.3 Å². The molecule has 0 radical (unpaired) electrons. The minimum Gasteiger partial charge on any atom is -0.490 e. The van der Waals surface area contributed by atoms with Gasteiger partial charge in [0.05, 0.1) is 12.2 Å². The number of halogens is 3. The monoisotopic (exact) mass is 408 g/mol. The van der Waals surface area contributed by atoms with Crippen LogP contribution >= 0.6 is 0 Å². The van der Waals surface area contributed by atoms with E-state index in [0.29, 0.717) is 23.7 Å². The molecule has 29 heavy (non-hydrogen) atoms. The van der Waals surface area contributed by atoms with Crippen LogP contribution in [-0.4, -0.2) is 25.0 Å². The van der Waals surface area contributed by atoms with Gasteiger partial charge in [0.25, 0.3) is 11.8 Å². The Morgan fingerprint density at radius 3 is 2.17 bits per heavy atom. The molecule has 0 atom stereocenters. The summed E-state index contributed by atoms with van der Waals surface area (Å²) in [5.41, 5.74) is 3.93. The number of hydrazine groups is 1. The molecule has 2 rings (SSSR count). The van der Waals surface area contributed by atoms with Crippen molar-refractivity contribution in [3.05, 3.63) is 65.7 Å². The van der Waals surface area contributed by atoms with E-state index in [1.807, 2.05) is 6.92 Å². The Balaban J connectivity index is 1.78. The van der Waals surface area contributed by atoms with E-state index in [1.165, 1.54) is 18.2 Å². The van der Waals surface area contributed by atoms with Gasteiger partial charge in [0.2, 0.25) is 0 Å². The Labute approximate surface area is 165 Å². The predicted octanol–water partition coefficient (Wildman–Crippen LogP) is 3.34. The molecule has 2 aromatic rings. The van der Waals surface area contributed by atoms with Crippen molar-refractivity contribution < 1.29 is 32.2 Å². The number of amides is 2. The SMILES string of the molecule is CCOc1ccccc1OCC(=O)NNC(=O)/C=C/c1ccc(C(F)(F)F)cc1. The van der Waals surface area contributed by atoms with Gasteiger partial charge in [0.1, 0.15) is 0 Å². The van der Waals surface area contributed by atoms with Crippen molar-refractivity contribution in [1.29, 1.82) is 0 Å². The number of rotatable bonds is 7. The number of hydrogen-bond acceptors (Lipinski definition) is 4. The average molecular weight is 408 g/mol. The Hall–Kier alpha value is -3.49. The van der Waals surface area contributed by atoms with Crippen molar-refractivity contribution >= 4 is 17.9 Å². The summed E-state index contributed by atoms with van der Waals surface area (Å²) in [7, 11) is 0. The number of carbonyl (C=O) groups excluding carboxylic acids is 2. The van der Waals surface area contributed by atoms with Crippen LogP contribution < -0.4 is 20.3 Å². The normalized spacial score (nSPS) is 11.2. The molecule has 0 aliphatic carbocycles. The van der Waals surface area contributed by atoms with Gasteiger partial charge in [-0.15, -0.1) is 0 Å². The third-order valence-corrected chi connectivity index (χ3v) is 3.50. The van der Waals surface area contributed by atoms with Crippen LogP contribution in [0.2, 0.25) is 0 Å². The van der Waals surface area contributed by atoms with Gasteiger partial charge >= 0.3 is 6.18 Å². The third kappa shape index (κ3) is 7.21. The topological polar surface area (TPSA) is 76.7 Å². The Morgan fingerprint density at radius 2 is 1.59 bits per heavy atom. The molecule has 0 aliphatic heterocycles. The van der Waals surface area contributed by atoms with Gasteiger partial charge in [0.15, 0.2) is 18.1 Å². The maximum Gasteiger partial charge on any atom is 0.416 e. The lowest BCUT2D eigenvalue weighted by atomic mass is 10.1. The number of hydrogen-bond donors (Lipinski definition) is 2. The standard InChI is InChI=1S/C20H19F3N2O4/c1-2-28-16-5-3-4-6-17(16)29-13-19(27)25-24-18(26)12-9-14-7-10-15(11-8-14)20(21,22)23/h3-12H,2,13H2,1H3,(H,24,26)(H,25,27)/b12-9+. The Kier molecular flexibility index (Phi) is 7.64. The number of carbonyl (C=O) groups is 2. The first-order chi connectivity index (χ1) is 13.8. The van der Waals surface area contributed by atoms with Crippen LogP contribution in [0.3, 0.4) is 0 Å². The molecular weight excluding hydrogens is 389 g/mol. The van der Waals surface area contributed by atoms with E-state index in [9.17, 15) is 22.8 Å². The molecule has 0 heterocycles. The van der Waals surface area contributed by atoms with Gasteiger partial charge in [-0.2, -0.15) is 13.2 Å². The number of nitrogens with one attached hydrogen (secondary N) is 2. The van der Waals surface area contributed by atoms with Crippen molar-refractivity contribution in [2.75, 3.05) is 13.2 Å². The lowest BCUT2D eigenvalue weighted by Gasteiger charge is -2.11. The number of benzene rings is 2. The molecular formula is C20H19F3N2O4. The zero-order chi connectivity index (χ0) is 21.3. The second kappa shape index (κ2) is 10.2. The molecule has 2 aromatic carbocycles. The lowest BCUT2D eigenvalue weighted by molar-refractivity contribution is -0.137. The molecule has 0 fully saturated rings. The summed E-state index contributed by atoms with van der Waals surface area (Å²) in [6.45, 7) is 1.90. The second-order valence-corrected chi connectivity index (χ2v) is 5.66. The second-order valence-electron chi connectivity index (χ2n) is 5.66. The third-order valence-electron chi connectivity index (χ3n) is 3.50. The molecule has 0 bridgehead atoms. The first-order valence-corrected chi connectivity index (χ1v) is 8.58. The molecule has 154 valence electrons. The number of para-hydroxylation sites is 2. The molecule has 0 saturated heterocycles. The van der Waals surface area contributed by atoms with Crippen molar-refractivity contribution in [2.45, 2.75) is 13.1 Å². The fraction of sp³-hybridized carbons (Fsp3) is 0.200. The highest BCUT2D eigenvalue weighted by molar-refractivity contribution is 5.93. The summed E-state index contributed by atoms with van der Waals surface area (Å²) in [5.74, 6) is -0.384. The van der Waals surface area contributed by atoms with Crippen LogP contribution in [0.15, 0.2) is 54.6 Å². The largest absolute Gasteiger partial charge is 0.490 e. The predicted molar refractivity (Wildman–Crippen MR) is 99.9 cm³/mol. The van der Waals surface area contributed by atoms with Crippen LogP contribution in [0.25, 0.3) is 6.08 Å². The van der Waals surface area contributed by atoms with Crippen LogP contribution in [0.1, 0.15) is 18.1 Å². The summed E-state index contributed by atoms with van der Waals surface area (Å²) in [6.07, 6.45) is -2.03. The van der Waals surface area contributed by atoms with Crippen LogP contribution in [0.4, 0.5) is 13.2 Å². The summed E-state index contributed by atoms with van der Waals surface area (Å²) in [5, 5.41) is 0. The van der Waals surface area contributed by atoms with E-state index in [0.717, 1.165) is 18.2 Å². The summed E-state index contributed by atoms with van der Waals surface area (Å²) in [6, 6.07) is 11.1. The quantitative estimate of drug-likeness (QED) is 0.544. The zero-order valence-electron chi connectivity index (χ0n) is 15.5. The molecule has 0 unspecified atom stereocenters. The molecule has 0 aromatic heterocycles. The minimum atomic E-state index is -4.42. The maximum absolute atomic E-state index is 12.5. The molecule has 2 N–H and O–H groups in total. The van der Waals surface area contributed by atoms with Crippen LogP contribution in [0, 0.1) is 0 Å². The van der Waals surface area contributed by atoms with Crippen molar-refractivity contribution in [1.82, 2.24) is 10.9 Å². The minimum absolute atomic E-state index is 0.354. The zero-order valence-corrected chi connectivity index (χ0v) is 15.5. The van der Waals surface area contributed by atoms with Gasteiger partial charge in [-0.3, -0.25) is 20.4 Å². The Bertz CT molecular complexity index is 865. The van der Waals surface area contributed by atoms with Crippen molar-refractivity contribution in [3.8, 4) is 11.5 Å². The van der Waals surface area contributed by atoms with Gasteiger partial charge in [-0.05, 0) is 42.8 Å². The van der Waals surface area contributed by atoms with E-state index in [4.69, 9.17) is 9.47 Å². The van der Waals surface area contributed by atoms with Crippen LogP contribution in [0.5, 0.6) is 11.5 Å². The van der Waals surface area contributed by atoms with E-state index < -0.39 is 23.6 Å². The number of ether oxygens (including phenoxy) is 2. The maximum atomic E-state index is 12.5. The number of alkyl halides is 3. The van der Waals surface area contributed by atoms with Gasteiger partial charge < -0.3 is 9.47 Å². The summed E-state index contributed by atoms with van der Waals surface area (Å²) >= 11 is 0. The average Bonchev–Trinajstić information content (AvgIpc) is 2.70. The molecule has 0 spiro atoms. The highest BCUT2D eigenvalue weighted by Gasteiger charge is 2.29. The highest BCUT2D eigenvalue weighted by atomic mass is 19.4. The smallest absolute Gasteiger partial charge is 0.416 e. The van der Waals surface area contributed by atoms with E-state index in [2.05, 4.69) is 10.9 Å². The van der Waals surface area contributed by atoms with Gasteiger partial charge in [-0.25, -0.2) is 0 Å².